The predicted molar refractivity (Wildman–Crippen MR) is 118 cm³/mol. The zero-order valence-electron chi connectivity index (χ0n) is 16.5. The maximum atomic E-state index is 13.4. The molecule has 5 rings (SSSR count). The van der Waals surface area contributed by atoms with E-state index in [1.54, 1.807) is 0 Å². The predicted octanol–water partition coefficient (Wildman–Crippen LogP) is 5.97. The number of aryl methyl sites for hydroxylation is 1. The summed E-state index contributed by atoms with van der Waals surface area (Å²) in [5.41, 5.74) is 7.55. The highest BCUT2D eigenvalue weighted by molar-refractivity contribution is 6.01. The number of carbonyl (C=O) groups is 1. The van der Waals surface area contributed by atoms with Crippen molar-refractivity contribution in [3.05, 3.63) is 107 Å². The van der Waals surface area contributed by atoms with E-state index in [1.165, 1.54) is 11.1 Å². The first-order valence-corrected chi connectivity index (χ1v) is 10.2. The van der Waals surface area contributed by atoms with Crippen LogP contribution in [-0.4, -0.2) is 5.78 Å². The zero-order valence-corrected chi connectivity index (χ0v) is 16.5. The number of benzene rings is 3. The number of hydrogen-bond acceptors (Lipinski definition) is 3. The van der Waals surface area contributed by atoms with E-state index < -0.39 is 0 Å². The van der Waals surface area contributed by atoms with Crippen LogP contribution in [0.4, 0.5) is 11.4 Å². The molecular weight excluding hydrogens is 356 g/mol. The Hall–Kier alpha value is -3.33. The maximum Gasteiger partial charge on any atom is 0.163 e. The molecule has 0 saturated carbocycles. The summed E-state index contributed by atoms with van der Waals surface area (Å²) in [6.45, 7) is 2.09. The van der Waals surface area contributed by atoms with E-state index in [0.29, 0.717) is 6.42 Å². The Morgan fingerprint density at radius 2 is 1.45 bits per heavy atom. The van der Waals surface area contributed by atoms with Crippen molar-refractivity contribution in [3.63, 3.8) is 0 Å². The molecule has 3 aromatic carbocycles. The lowest BCUT2D eigenvalue weighted by molar-refractivity contribution is -0.116. The van der Waals surface area contributed by atoms with E-state index in [0.717, 1.165) is 34.6 Å². The highest BCUT2D eigenvalue weighted by Crippen LogP contribution is 2.44. The molecule has 2 aliphatic rings. The van der Waals surface area contributed by atoms with Gasteiger partial charge in [0.05, 0.1) is 17.4 Å². The number of carbonyl (C=O) groups excluding carboxylic acids is 1. The lowest BCUT2D eigenvalue weighted by Crippen LogP contribution is -2.26. The van der Waals surface area contributed by atoms with Gasteiger partial charge in [0.1, 0.15) is 0 Å². The normalized spacial score (nSPS) is 20.8. The minimum absolute atomic E-state index is 0.145. The molecule has 3 heteroatoms. The van der Waals surface area contributed by atoms with Crippen LogP contribution in [0.3, 0.4) is 0 Å². The molecule has 1 heterocycles. The van der Waals surface area contributed by atoms with Crippen LogP contribution >= 0.6 is 0 Å². The standard InChI is InChI=1S/C26H24N2O/c1-17-11-13-18(14-12-17)20-15-23-25(24(29)16-20)26(19-7-3-2-4-8-19)28-22-10-6-5-9-21(22)27-23/h2-14,20,26-28H,15-16H2,1H3. The van der Waals surface area contributed by atoms with Crippen molar-refractivity contribution in [1.82, 2.24) is 0 Å². The molecule has 144 valence electrons. The van der Waals surface area contributed by atoms with Gasteiger partial charge < -0.3 is 10.6 Å². The Morgan fingerprint density at radius 1 is 0.759 bits per heavy atom. The third-order valence-electron chi connectivity index (χ3n) is 5.99. The van der Waals surface area contributed by atoms with Crippen molar-refractivity contribution < 1.29 is 4.79 Å². The smallest absolute Gasteiger partial charge is 0.163 e. The molecular formula is C26H24N2O. The molecule has 2 atom stereocenters. The monoisotopic (exact) mass is 380 g/mol. The largest absolute Gasteiger partial charge is 0.372 e. The van der Waals surface area contributed by atoms with E-state index in [9.17, 15) is 4.79 Å². The van der Waals surface area contributed by atoms with Crippen molar-refractivity contribution >= 4 is 17.2 Å². The van der Waals surface area contributed by atoms with Crippen LogP contribution < -0.4 is 10.6 Å². The highest BCUT2D eigenvalue weighted by atomic mass is 16.1. The third kappa shape index (κ3) is 3.33. The molecule has 0 aromatic heterocycles. The average molecular weight is 380 g/mol. The third-order valence-corrected chi connectivity index (χ3v) is 5.99. The lowest BCUT2D eigenvalue weighted by atomic mass is 9.78. The number of Topliss-reactive ketones (excluding diaryl/α,β-unsaturated/α-hetero) is 1. The highest BCUT2D eigenvalue weighted by Gasteiger charge is 2.35. The number of anilines is 2. The van der Waals surface area contributed by atoms with Crippen LogP contribution in [0, 0.1) is 6.92 Å². The van der Waals surface area contributed by atoms with Gasteiger partial charge in [0.15, 0.2) is 5.78 Å². The van der Waals surface area contributed by atoms with Crippen molar-refractivity contribution in [1.29, 1.82) is 0 Å². The van der Waals surface area contributed by atoms with E-state index in [2.05, 4.69) is 66.1 Å². The Kier molecular flexibility index (Phi) is 4.44. The van der Waals surface area contributed by atoms with Crippen LogP contribution in [0.5, 0.6) is 0 Å². The van der Waals surface area contributed by atoms with Gasteiger partial charge in [-0.1, -0.05) is 72.3 Å². The summed E-state index contributed by atoms with van der Waals surface area (Å²) in [6.07, 6.45) is 1.38. The Bertz CT molecular complexity index is 1080. The van der Waals surface area contributed by atoms with Crippen molar-refractivity contribution in [2.45, 2.75) is 31.7 Å². The van der Waals surface area contributed by atoms with E-state index in [-0.39, 0.29) is 17.7 Å². The number of rotatable bonds is 2. The van der Waals surface area contributed by atoms with E-state index >= 15 is 0 Å². The molecule has 3 aromatic rings. The fourth-order valence-electron chi connectivity index (χ4n) is 4.46. The van der Waals surface area contributed by atoms with Gasteiger partial charge in [-0.25, -0.2) is 0 Å². The van der Waals surface area contributed by atoms with Gasteiger partial charge in [0.2, 0.25) is 0 Å². The second kappa shape index (κ2) is 7.25. The molecule has 3 nitrogen and oxygen atoms in total. The van der Waals surface area contributed by atoms with Crippen LogP contribution in [0.25, 0.3) is 0 Å². The Labute approximate surface area is 171 Å². The van der Waals surface area contributed by atoms with Gasteiger partial charge in [-0.15, -0.1) is 0 Å². The summed E-state index contributed by atoms with van der Waals surface area (Å²) in [5.74, 6) is 0.425. The zero-order chi connectivity index (χ0) is 19.8. The molecule has 0 fully saturated rings. The fourth-order valence-corrected chi connectivity index (χ4v) is 4.46. The topological polar surface area (TPSA) is 41.1 Å². The lowest BCUT2D eigenvalue weighted by Gasteiger charge is -2.30. The SMILES string of the molecule is Cc1ccc(C2CC(=O)C3=C(C2)Nc2ccccc2NC3c2ccccc2)cc1. The van der Waals surface area contributed by atoms with Crippen LogP contribution in [-0.2, 0) is 4.79 Å². The van der Waals surface area contributed by atoms with Gasteiger partial charge in [-0.2, -0.15) is 0 Å². The van der Waals surface area contributed by atoms with Crippen molar-refractivity contribution in [2.24, 2.45) is 0 Å². The van der Waals surface area contributed by atoms with Crippen LogP contribution in [0.15, 0.2) is 90.1 Å². The Morgan fingerprint density at radius 3 is 2.21 bits per heavy atom. The van der Waals surface area contributed by atoms with Gasteiger partial charge >= 0.3 is 0 Å². The van der Waals surface area contributed by atoms with Crippen molar-refractivity contribution in [3.8, 4) is 0 Å². The summed E-state index contributed by atoms with van der Waals surface area (Å²) in [4.78, 5) is 13.4. The molecule has 2 unspecified atom stereocenters. The second-order valence-corrected chi connectivity index (χ2v) is 7.99. The molecule has 29 heavy (non-hydrogen) atoms. The van der Waals surface area contributed by atoms with Gasteiger partial charge in [0, 0.05) is 17.7 Å². The molecule has 0 saturated heterocycles. The first-order chi connectivity index (χ1) is 14.2. The minimum Gasteiger partial charge on any atom is -0.372 e. The molecule has 0 amide bonds. The summed E-state index contributed by atoms with van der Waals surface area (Å²) in [6, 6.07) is 26.9. The molecule has 0 spiro atoms. The van der Waals surface area contributed by atoms with Crippen LogP contribution in [0.2, 0.25) is 0 Å². The summed E-state index contributed by atoms with van der Waals surface area (Å²) in [7, 11) is 0. The molecule has 0 bridgehead atoms. The quantitative estimate of drug-likeness (QED) is 0.575. The number of ketones is 1. The molecule has 2 N–H and O–H groups in total. The number of allylic oxidation sites excluding steroid dienone is 1. The second-order valence-electron chi connectivity index (χ2n) is 7.99. The van der Waals surface area contributed by atoms with Crippen LogP contribution in [0.1, 0.15) is 41.5 Å². The first-order valence-electron chi connectivity index (χ1n) is 10.2. The van der Waals surface area contributed by atoms with E-state index in [4.69, 9.17) is 0 Å². The Balaban J connectivity index is 1.60. The first kappa shape index (κ1) is 17.7. The maximum absolute atomic E-state index is 13.4. The summed E-state index contributed by atoms with van der Waals surface area (Å²) < 4.78 is 0. The number of hydrogen-bond donors (Lipinski definition) is 2. The fraction of sp³-hybridized carbons (Fsp3) is 0.192. The molecule has 1 aliphatic carbocycles. The van der Waals surface area contributed by atoms with Gasteiger partial charge in [0.25, 0.3) is 0 Å². The molecule has 1 aliphatic heterocycles. The number of nitrogens with one attached hydrogen (secondary N) is 2. The summed E-state index contributed by atoms with van der Waals surface area (Å²) >= 11 is 0. The van der Waals surface area contributed by atoms with Crippen molar-refractivity contribution in [2.75, 3.05) is 10.6 Å². The molecule has 0 radical (unpaired) electrons. The van der Waals surface area contributed by atoms with Gasteiger partial charge in [-0.05, 0) is 42.5 Å². The van der Waals surface area contributed by atoms with E-state index in [1.807, 2.05) is 30.3 Å². The summed E-state index contributed by atoms with van der Waals surface area (Å²) in [5, 5.41) is 7.23. The number of fused-ring (bicyclic) bond motifs is 1. The van der Waals surface area contributed by atoms with Gasteiger partial charge in [-0.3, -0.25) is 4.79 Å². The number of para-hydroxylation sites is 2. The average Bonchev–Trinajstić information content (AvgIpc) is 2.92. The minimum atomic E-state index is -0.145.